The molecule has 0 unspecified atom stereocenters. The van der Waals surface area contributed by atoms with Crippen molar-refractivity contribution in [2.75, 3.05) is 26.2 Å². The Morgan fingerprint density at radius 1 is 0.800 bits per heavy atom. The van der Waals surface area contributed by atoms with Gasteiger partial charge in [0.25, 0.3) is 0 Å². The van der Waals surface area contributed by atoms with Gasteiger partial charge < -0.3 is 9.80 Å². The summed E-state index contributed by atoms with van der Waals surface area (Å²) in [6.07, 6.45) is 4.09. The fourth-order valence-electron chi connectivity index (χ4n) is 0.906. The molecule has 0 aromatic rings. The average Bonchev–Trinajstić information content (AvgIpc) is 2.05. The van der Waals surface area contributed by atoms with E-state index < -0.39 is 0 Å². The van der Waals surface area contributed by atoms with Crippen molar-refractivity contribution in [2.45, 2.75) is 0 Å². The van der Waals surface area contributed by atoms with Gasteiger partial charge in [0.05, 0.1) is 0 Å². The molecule has 0 saturated carbocycles. The predicted octanol–water partition coefficient (Wildman–Crippen LogP) is -0.434. The van der Waals surface area contributed by atoms with Crippen molar-refractivity contribution in [3.8, 4) is 12.4 Å². The zero-order chi connectivity index (χ0) is 7.40. The Balaban J connectivity index is 2.34. The van der Waals surface area contributed by atoms with E-state index in [0.717, 1.165) is 0 Å². The van der Waals surface area contributed by atoms with Crippen LogP contribution in [-0.2, 0) is 0 Å². The molecule has 0 aromatic heterocycles. The molecule has 1 saturated heterocycles. The van der Waals surface area contributed by atoms with Gasteiger partial charge in [0.2, 0.25) is 0 Å². The third-order valence-corrected chi connectivity index (χ3v) is 1.56. The van der Waals surface area contributed by atoms with Crippen LogP contribution >= 0.6 is 0 Å². The first-order chi connectivity index (χ1) is 4.86. The van der Waals surface area contributed by atoms with Gasteiger partial charge in [0.1, 0.15) is 0 Å². The van der Waals surface area contributed by atoms with Crippen LogP contribution < -0.4 is 0 Å². The molecular weight excluding hydrogens is 128 g/mol. The lowest BCUT2D eigenvalue weighted by Crippen LogP contribution is -2.41. The summed E-state index contributed by atoms with van der Waals surface area (Å²) < 4.78 is 0. The second-order valence-corrected chi connectivity index (χ2v) is 2.17. The first-order valence-corrected chi connectivity index (χ1v) is 3.16. The molecule has 0 N–H and O–H groups in total. The predicted molar refractivity (Wildman–Crippen MR) is 34.4 cm³/mol. The second kappa shape index (κ2) is 2.93. The van der Waals surface area contributed by atoms with Gasteiger partial charge in [-0.25, -0.2) is 0 Å². The van der Waals surface area contributed by atoms with Gasteiger partial charge in [0, 0.05) is 26.2 Å². The average molecular weight is 136 g/mol. The third-order valence-electron chi connectivity index (χ3n) is 1.56. The summed E-state index contributed by atoms with van der Waals surface area (Å²) in [5.41, 5.74) is 0. The summed E-state index contributed by atoms with van der Waals surface area (Å²) >= 11 is 0. The number of nitriles is 2. The maximum absolute atomic E-state index is 8.42. The minimum atomic E-state index is 0.685. The van der Waals surface area contributed by atoms with Crippen LogP contribution in [0.15, 0.2) is 0 Å². The van der Waals surface area contributed by atoms with Crippen molar-refractivity contribution < 1.29 is 0 Å². The first-order valence-electron chi connectivity index (χ1n) is 3.16. The highest BCUT2D eigenvalue weighted by Gasteiger charge is 2.12. The van der Waals surface area contributed by atoms with Gasteiger partial charge in [-0.05, 0) is 0 Å². The van der Waals surface area contributed by atoms with Gasteiger partial charge in [-0.15, -0.1) is 0 Å². The Hall–Kier alpha value is -1.42. The van der Waals surface area contributed by atoms with E-state index in [2.05, 4.69) is 0 Å². The number of hydrogen-bond acceptors (Lipinski definition) is 4. The van der Waals surface area contributed by atoms with Crippen LogP contribution in [0.5, 0.6) is 0 Å². The lowest BCUT2D eigenvalue weighted by molar-refractivity contribution is 0.234. The molecule has 0 bridgehead atoms. The standard InChI is InChI=1S/C6H8N4/c7-5-9-1-2-10(6-8)4-3-9/h1-4H2. The molecular formula is C6H8N4. The third kappa shape index (κ3) is 1.29. The Kier molecular flexibility index (Phi) is 1.96. The maximum atomic E-state index is 8.42. The molecule has 0 aromatic carbocycles. The van der Waals surface area contributed by atoms with Gasteiger partial charge in [0.15, 0.2) is 12.4 Å². The van der Waals surface area contributed by atoms with Crippen molar-refractivity contribution in [3.05, 3.63) is 0 Å². The van der Waals surface area contributed by atoms with Gasteiger partial charge in [-0.2, -0.15) is 10.5 Å². The summed E-state index contributed by atoms with van der Waals surface area (Å²) in [6.45, 7) is 2.74. The van der Waals surface area contributed by atoms with E-state index in [1.54, 1.807) is 9.80 Å². The number of nitrogens with zero attached hydrogens (tertiary/aromatic N) is 4. The molecule has 1 fully saturated rings. The van der Waals surface area contributed by atoms with Crippen LogP contribution in [0.2, 0.25) is 0 Å². The van der Waals surface area contributed by atoms with Crippen molar-refractivity contribution >= 4 is 0 Å². The first kappa shape index (κ1) is 6.70. The summed E-state index contributed by atoms with van der Waals surface area (Å²) in [5.74, 6) is 0. The molecule has 1 aliphatic rings. The largest absolute Gasteiger partial charge is 0.307 e. The highest BCUT2D eigenvalue weighted by atomic mass is 15.2. The Morgan fingerprint density at radius 3 is 1.30 bits per heavy atom. The maximum Gasteiger partial charge on any atom is 0.179 e. The topological polar surface area (TPSA) is 54.1 Å². The van der Waals surface area contributed by atoms with E-state index in [-0.39, 0.29) is 0 Å². The summed E-state index contributed by atoms with van der Waals surface area (Å²) in [7, 11) is 0. The molecule has 0 atom stereocenters. The fourth-order valence-corrected chi connectivity index (χ4v) is 0.906. The van der Waals surface area contributed by atoms with E-state index in [4.69, 9.17) is 10.5 Å². The van der Waals surface area contributed by atoms with E-state index >= 15 is 0 Å². The van der Waals surface area contributed by atoms with Crippen molar-refractivity contribution in [2.24, 2.45) is 0 Å². The number of rotatable bonds is 0. The van der Waals surface area contributed by atoms with Gasteiger partial charge >= 0.3 is 0 Å². The van der Waals surface area contributed by atoms with Gasteiger partial charge in [-0.1, -0.05) is 0 Å². The number of piperazine rings is 1. The molecule has 1 heterocycles. The van der Waals surface area contributed by atoms with Crippen LogP contribution in [0.3, 0.4) is 0 Å². The molecule has 52 valence electrons. The molecule has 0 spiro atoms. The molecule has 4 heteroatoms. The van der Waals surface area contributed by atoms with Crippen LogP contribution in [-0.4, -0.2) is 36.0 Å². The molecule has 1 aliphatic heterocycles. The zero-order valence-corrected chi connectivity index (χ0v) is 5.62. The van der Waals surface area contributed by atoms with E-state index in [0.29, 0.717) is 26.2 Å². The summed E-state index contributed by atoms with van der Waals surface area (Å²) in [5, 5.41) is 16.8. The minimum absolute atomic E-state index is 0.685. The summed E-state index contributed by atoms with van der Waals surface area (Å²) in [4.78, 5) is 3.32. The number of hydrogen-bond donors (Lipinski definition) is 0. The fraction of sp³-hybridized carbons (Fsp3) is 0.667. The molecule has 0 aliphatic carbocycles. The normalized spacial score (nSPS) is 17.8. The lowest BCUT2D eigenvalue weighted by atomic mass is 10.4. The van der Waals surface area contributed by atoms with Crippen LogP contribution in [0, 0.1) is 22.9 Å². The Morgan fingerprint density at radius 2 is 1.10 bits per heavy atom. The highest BCUT2D eigenvalue weighted by Crippen LogP contribution is 1.97. The molecule has 4 nitrogen and oxygen atoms in total. The monoisotopic (exact) mass is 136 g/mol. The zero-order valence-electron chi connectivity index (χ0n) is 5.62. The lowest BCUT2D eigenvalue weighted by Gasteiger charge is -2.27. The van der Waals surface area contributed by atoms with Crippen molar-refractivity contribution in [1.29, 1.82) is 10.5 Å². The molecule has 1 rings (SSSR count). The van der Waals surface area contributed by atoms with Crippen molar-refractivity contribution in [3.63, 3.8) is 0 Å². The van der Waals surface area contributed by atoms with Crippen LogP contribution in [0.4, 0.5) is 0 Å². The minimum Gasteiger partial charge on any atom is -0.307 e. The highest BCUT2D eigenvalue weighted by molar-refractivity contribution is 4.85. The van der Waals surface area contributed by atoms with Gasteiger partial charge in [-0.3, -0.25) is 0 Å². The van der Waals surface area contributed by atoms with Crippen LogP contribution in [0.25, 0.3) is 0 Å². The molecule has 0 amide bonds. The van der Waals surface area contributed by atoms with Crippen molar-refractivity contribution in [1.82, 2.24) is 9.80 Å². The van der Waals surface area contributed by atoms with Crippen LogP contribution in [0.1, 0.15) is 0 Å². The van der Waals surface area contributed by atoms with E-state index in [9.17, 15) is 0 Å². The Labute approximate surface area is 59.9 Å². The SMILES string of the molecule is N#CN1CCN(C#N)CC1. The molecule has 10 heavy (non-hydrogen) atoms. The summed E-state index contributed by atoms with van der Waals surface area (Å²) in [6, 6.07) is 0. The quantitative estimate of drug-likeness (QED) is 0.424. The van der Waals surface area contributed by atoms with E-state index in [1.807, 2.05) is 12.4 Å². The molecule has 0 radical (unpaired) electrons. The van der Waals surface area contributed by atoms with E-state index in [1.165, 1.54) is 0 Å². The Bertz CT molecular complexity index is 157. The smallest absolute Gasteiger partial charge is 0.179 e. The second-order valence-electron chi connectivity index (χ2n) is 2.17.